The third kappa shape index (κ3) is 3.90. The smallest absolute Gasteiger partial charge is 0.495 e. The van der Waals surface area contributed by atoms with E-state index >= 15 is 0 Å². The highest BCUT2D eigenvalue weighted by Gasteiger charge is 2.52. The summed E-state index contributed by atoms with van der Waals surface area (Å²) in [6, 6.07) is 7.01. The van der Waals surface area contributed by atoms with Gasteiger partial charge in [-0.1, -0.05) is 12.1 Å². The third-order valence-corrected chi connectivity index (χ3v) is 5.61. The van der Waals surface area contributed by atoms with E-state index in [-0.39, 0.29) is 11.3 Å². The first-order valence-electron chi connectivity index (χ1n) is 9.35. The maximum Gasteiger partial charge on any atom is 0.495 e. The number of carbonyl (C=O) groups is 2. The number of amides is 1. The Morgan fingerprint density at radius 1 is 1.21 bits per heavy atom. The Bertz CT molecular complexity index is 942. The van der Waals surface area contributed by atoms with Crippen molar-refractivity contribution in [2.75, 3.05) is 12.4 Å². The average Bonchev–Trinajstić information content (AvgIpc) is 2.89. The van der Waals surface area contributed by atoms with Crippen LogP contribution in [0.1, 0.15) is 54.1 Å². The molecule has 1 aliphatic rings. The van der Waals surface area contributed by atoms with E-state index in [1.807, 2.05) is 46.8 Å². The Labute approximate surface area is 170 Å². The summed E-state index contributed by atoms with van der Waals surface area (Å²) in [6.07, 6.45) is 1.94. The van der Waals surface area contributed by atoms with Gasteiger partial charge in [-0.2, -0.15) is 0 Å². The molecule has 0 bridgehead atoms. The quantitative estimate of drug-likeness (QED) is 0.618. The van der Waals surface area contributed by atoms with Crippen molar-refractivity contribution in [3.05, 3.63) is 47.3 Å². The summed E-state index contributed by atoms with van der Waals surface area (Å²) in [5.41, 5.74) is 1.84. The molecule has 0 spiro atoms. The first-order valence-corrected chi connectivity index (χ1v) is 9.35. The number of carbonyl (C=O) groups excluding carboxylic acids is 2. The highest BCUT2D eigenvalue weighted by molar-refractivity contribution is 6.62. The van der Waals surface area contributed by atoms with Gasteiger partial charge in [0.2, 0.25) is 0 Å². The lowest BCUT2D eigenvalue weighted by atomic mass is 9.76. The van der Waals surface area contributed by atoms with Crippen LogP contribution in [0.5, 0.6) is 5.75 Å². The maximum absolute atomic E-state index is 12.7. The Balaban J connectivity index is 1.85. The molecule has 1 saturated heterocycles. The predicted molar refractivity (Wildman–Crippen MR) is 111 cm³/mol. The van der Waals surface area contributed by atoms with Gasteiger partial charge < -0.3 is 19.4 Å². The van der Waals surface area contributed by atoms with Gasteiger partial charge in [-0.15, -0.1) is 0 Å². The lowest BCUT2D eigenvalue weighted by Crippen LogP contribution is -2.41. The second-order valence-electron chi connectivity index (χ2n) is 7.99. The van der Waals surface area contributed by atoms with Crippen LogP contribution in [-0.4, -0.2) is 42.6 Å². The van der Waals surface area contributed by atoms with Crippen LogP contribution in [0.4, 0.5) is 5.69 Å². The lowest BCUT2D eigenvalue weighted by Gasteiger charge is -2.32. The second kappa shape index (κ2) is 7.61. The topological polar surface area (TPSA) is 86.8 Å². The number of nitrogens with zero attached hydrogens (tertiary/aromatic N) is 1. The van der Waals surface area contributed by atoms with Crippen molar-refractivity contribution in [1.82, 2.24) is 4.98 Å². The molecular formula is C21H25BN2O5. The predicted octanol–water partition coefficient (Wildman–Crippen LogP) is 2.76. The molecule has 0 radical (unpaired) electrons. The number of ether oxygens (including phenoxy) is 1. The molecule has 1 fully saturated rings. The molecule has 2 heterocycles. The van der Waals surface area contributed by atoms with E-state index in [1.165, 1.54) is 19.4 Å². The van der Waals surface area contributed by atoms with Gasteiger partial charge in [0.15, 0.2) is 6.29 Å². The van der Waals surface area contributed by atoms with Crippen LogP contribution >= 0.6 is 0 Å². The summed E-state index contributed by atoms with van der Waals surface area (Å²) < 4.78 is 17.4. The minimum Gasteiger partial charge on any atom is -0.496 e. The fourth-order valence-corrected chi connectivity index (χ4v) is 3.04. The maximum atomic E-state index is 12.7. The Kier molecular flexibility index (Phi) is 5.51. The van der Waals surface area contributed by atoms with Crippen molar-refractivity contribution >= 4 is 30.5 Å². The summed E-state index contributed by atoms with van der Waals surface area (Å²) in [4.78, 5) is 27.8. The zero-order valence-corrected chi connectivity index (χ0v) is 17.5. The Morgan fingerprint density at radius 2 is 1.86 bits per heavy atom. The number of pyridine rings is 1. The molecule has 0 saturated carbocycles. The fourth-order valence-electron chi connectivity index (χ4n) is 3.04. The van der Waals surface area contributed by atoms with Crippen molar-refractivity contribution in [3.8, 4) is 5.75 Å². The van der Waals surface area contributed by atoms with Crippen LogP contribution in [0.15, 0.2) is 30.5 Å². The number of hydrogen-bond acceptors (Lipinski definition) is 6. The number of benzene rings is 1. The highest BCUT2D eigenvalue weighted by atomic mass is 16.7. The van der Waals surface area contributed by atoms with Gasteiger partial charge in [-0.25, -0.2) is 0 Å². The number of aldehydes is 1. The van der Waals surface area contributed by atoms with Crippen molar-refractivity contribution < 1.29 is 23.6 Å². The zero-order chi connectivity index (χ0) is 21.4. The van der Waals surface area contributed by atoms with Gasteiger partial charge in [0.05, 0.1) is 23.9 Å². The SMILES string of the molecule is COc1cc(C(=O)Nc2cccc(B3OC(C)(C)C(C)(C)O3)c2C)ncc1C=O. The molecular weight excluding hydrogens is 371 g/mol. The number of methoxy groups -OCH3 is 1. The molecule has 0 unspecified atom stereocenters. The van der Waals surface area contributed by atoms with Crippen molar-refractivity contribution in [3.63, 3.8) is 0 Å². The van der Waals surface area contributed by atoms with Gasteiger partial charge >= 0.3 is 7.12 Å². The molecule has 152 valence electrons. The highest BCUT2D eigenvalue weighted by Crippen LogP contribution is 2.37. The molecule has 0 atom stereocenters. The lowest BCUT2D eigenvalue weighted by molar-refractivity contribution is 0.00578. The van der Waals surface area contributed by atoms with Crippen LogP contribution in [0.3, 0.4) is 0 Å². The summed E-state index contributed by atoms with van der Waals surface area (Å²) in [6.45, 7) is 9.89. The number of nitrogens with one attached hydrogen (secondary N) is 1. The van der Waals surface area contributed by atoms with E-state index in [1.54, 1.807) is 6.07 Å². The summed E-state index contributed by atoms with van der Waals surface area (Å²) in [7, 11) is 0.907. The van der Waals surface area contributed by atoms with Gasteiger partial charge in [0, 0.05) is 18.0 Å². The van der Waals surface area contributed by atoms with Crippen molar-refractivity contribution in [1.29, 1.82) is 0 Å². The van der Waals surface area contributed by atoms with Crippen molar-refractivity contribution in [2.45, 2.75) is 45.8 Å². The molecule has 1 N–H and O–H groups in total. The molecule has 1 amide bonds. The number of anilines is 1. The average molecular weight is 396 g/mol. The molecule has 3 rings (SSSR count). The Morgan fingerprint density at radius 3 is 2.45 bits per heavy atom. The first kappa shape index (κ1) is 21.0. The standard InChI is InChI=1S/C21H25BN2O5/c1-13-15(22-28-20(2,3)21(4,5)29-22)8-7-9-16(13)24-19(26)17-10-18(27-6)14(12-25)11-23-17/h7-12H,1-6H3,(H,24,26). The molecule has 29 heavy (non-hydrogen) atoms. The van der Waals surface area contributed by atoms with Crippen LogP contribution in [-0.2, 0) is 9.31 Å². The molecule has 8 heteroatoms. The number of rotatable bonds is 5. The van der Waals surface area contributed by atoms with Crippen molar-refractivity contribution in [2.24, 2.45) is 0 Å². The largest absolute Gasteiger partial charge is 0.496 e. The normalized spacial score (nSPS) is 17.1. The second-order valence-corrected chi connectivity index (χ2v) is 7.99. The van der Waals surface area contributed by atoms with Gasteiger partial charge in [-0.05, 0) is 51.7 Å². The van der Waals surface area contributed by atoms with E-state index in [2.05, 4.69) is 10.3 Å². The molecule has 2 aromatic rings. The first-order chi connectivity index (χ1) is 13.6. The van der Waals surface area contributed by atoms with Crippen LogP contribution < -0.4 is 15.5 Å². The van der Waals surface area contributed by atoms with E-state index < -0.39 is 24.2 Å². The van der Waals surface area contributed by atoms with Gasteiger partial charge in [-0.3, -0.25) is 14.6 Å². The van der Waals surface area contributed by atoms with E-state index in [0.29, 0.717) is 17.7 Å². The summed E-state index contributed by atoms with van der Waals surface area (Å²) >= 11 is 0. The zero-order valence-electron chi connectivity index (χ0n) is 17.5. The van der Waals surface area contributed by atoms with E-state index in [9.17, 15) is 9.59 Å². The summed E-state index contributed by atoms with van der Waals surface area (Å²) in [5, 5.41) is 2.86. The molecule has 7 nitrogen and oxygen atoms in total. The molecule has 1 aromatic carbocycles. The number of hydrogen-bond donors (Lipinski definition) is 1. The van der Waals surface area contributed by atoms with E-state index in [0.717, 1.165) is 11.0 Å². The minimum absolute atomic E-state index is 0.146. The Hall–Kier alpha value is -2.71. The van der Waals surface area contributed by atoms with E-state index in [4.69, 9.17) is 14.0 Å². The fraction of sp³-hybridized carbons (Fsp3) is 0.381. The van der Waals surface area contributed by atoms with Gasteiger partial charge in [0.1, 0.15) is 11.4 Å². The monoisotopic (exact) mass is 396 g/mol. The third-order valence-electron chi connectivity index (χ3n) is 5.61. The minimum atomic E-state index is -0.526. The molecule has 1 aliphatic heterocycles. The summed E-state index contributed by atoms with van der Waals surface area (Å²) in [5.74, 6) is -0.113. The molecule has 0 aliphatic carbocycles. The number of aromatic nitrogens is 1. The van der Waals surface area contributed by atoms with Crippen LogP contribution in [0.25, 0.3) is 0 Å². The van der Waals surface area contributed by atoms with Crippen LogP contribution in [0.2, 0.25) is 0 Å². The van der Waals surface area contributed by atoms with Crippen LogP contribution in [0, 0.1) is 6.92 Å². The van der Waals surface area contributed by atoms with Gasteiger partial charge in [0.25, 0.3) is 5.91 Å². The molecule has 1 aromatic heterocycles.